The molecule has 0 amide bonds. The van der Waals surface area contributed by atoms with Gasteiger partial charge in [-0.3, -0.25) is 0 Å². The van der Waals surface area contributed by atoms with Gasteiger partial charge in [0.25, 0.3) is 0 Å². The fourth-order valence-corrected chi connectivity index (χ4v) is 9.33. The summed E-state index contributed by atoms with van der Waals surface area (Å²) in [6.07, 6.45) is 0. The van der Waals surface area contributed by atoms with Gasteiger partial charge in [0.05, 0.1) is 0 Å². The zero-order chi connectivity index (χ0) is 26.9. The number of benzene rings is 7. The Hall–Kier alpha value is -4.56. The van der Waals surface area contributed by atoms with E-state index >= 15 is 0 Å². The quantitative estimate of drug-likeness (QED) is 0.181. The fraction of sp³-hybridized carbons (Fsp3) is 0. The van der Waals surface area contributed by atoms with Crippen molar-refractivity contribution in [3.05, 3.63) is 140 Å². The minimum absolute atomic E-state index is 0.179. The monoisotopic (exact) mass is 586 g/mol. The van der Waals surface area contributed by atoms with Gasteiger partial charge in [0.15, 0.2) is 0 Å². The average Bonchev–Trinajstić information content (AvgIpc) is 3.03. The Morgan fingerprint density at radius 2 is 1.05 bits per heavy atom. The normalized spacial score (nSPS) is 12.9. The first-order valence-corrected chi connectivity index (χ1v) is 15.8. The molecular weight excluding hydrogens is 562 g/mol. The van der Waals surface area contributed by atoms with E-state index < -0.39 is 0 Å². The van der Waals surface area contributed by atoms with Gasteiger partial charge in [-0.25, -0.2) is 0 Å². The van der Waals surface area contributed by atoms with Crippen molar-refractivity contribution in [2.45, 2.75) is 0 Å². The van der Waals surface area contributed by atoms with E-state index in [2.05, 4.69) is 140 Å². The zero-order valence-corrected chi connectivity index (χ0v) is 23.9. The van der Waals surface area contributed by atoms with Gasteiger partial charge in [0, 0.05) is 0 Å². The molecule has 41 heavy (non-hydrogen) atoms. The molecular formula is C38H23BOSe. The molecule has 0 bridgehead atoms. The minimum Gasteiger partial charge on any atom is -0.0617 e. The third-order valence-corrected chi connectivity index (χ3v) is 11.0. The van der Waals surface area contributed by atoms with Gasteiger partial charge in [-0.05, 0) is 0 Å². The van der Waals surface area contributed by atoms with Gasteiger partial charge < -0.3 is 0 Å². The maximum atomic E-state index is 6.59. The van der Waals surface area contributed by atoms with Crippen molar-refractivity contribution in [1.29, 1.82) is 0 Å². The molecule has 3 heteroatoms. The van der Waals surface area contributed by atoms with E-state index in [1.54, 1.807) is 0 Å². The van der Waals surface area contributed by atoms with Crippen LogP contribution in [0.4, 0.5) is 0 Å². The molecule has 0 aromatic heterocycles. The van der Waals surface area contributed by atoms with Crippen LogP contribution in [-0.4, -0.2) is 21.7 Å². The molecule has 2 aliphatic heterocycles. The SMILES string of the molecule is c1ccc(-c2c3ccccc3c(-c3ccc4c(c3)B3c5ccccc5[Se]c5cccc(c53)O4)c3ccccc23)cc1. The molecule has 1 nitrogen and oxygen atoms in total. The van der Waals surface area contributed by atoms with Crippen molar-refractivity contribution in [1.82, 2.24) is 0 Å². The smallest absolute Gasteiger partial charge is 0.0617 e. The third kappa shape index (κ3) is 3.43. The Morgan fingerprint density at radius 1 is 0.439 bits per heavy atom. The second kappa shape index (κ2) is 8.98. The molecule has 0 fully saturated rings. The Bertz CT molecular complexity index is 2100. The summed E-state index contributed by atoms with van der Waals surface area (Å²) in [6, 6.07) is 51.0. The van der Waals surface area contributed by atoms with Crippen molar-refractivity contribution >= 4 is 68.5 Å². The van der Waals surface area contributed by atoms with Crippen LogP contribution < -0.4 is 30.0 Å². The van der Waals surface area contributed by atoms with E-state index in [9.17, 15) is 0 Å². The van der Waals surface area contributed by atoms with E-state index in [0.717, 1.165) is 11.5 Å². The average molecular weight is 585 g/mol. The van der Waals surface area contributed by atoms with Crippen LogP contribution in [0.5, 0.6) is 11.5 Å². The van der Waals surface area contributed by atoms with E-state index in [1.807, 2.05) is 0 Å². The van der Waals surface area contributed by atoms with E-state index in [4.69, 9.17) is 4.74 Å². The summed E-state index contributed by atoms with van der Waals surface area (Å²) in [5.41, 5.74) is 9.08. The Morgan fingerprint density at radius 3 is 1.78 bits per heavy atom. The molecule has 2 aliphatic rings. The Kier molecular flexibility index (Phi) is 5.07. The van der Waals surface area contributed by atoms with Crippen LogP contribution in [0, 0.1) is 0 Å². The molecule has 0 N–H and O–H groups in total. The Labute approximate surface area is 245 Å². The van der Waals surface area contributed by atoms with Gasteiger partial charge in [0.2, 0.25) is 0 Å². The number of rotatable bonds is 2. The van der Waals surface area contributed by atoms with E-state index in [-0.39, 0.29) is 21.7 Å². The van der Waals surface area contributed by atoms with Crippen LogP contribution in [0.2, 0.25) is 0 Å². The van der Waals surface area contributed by atoms with Crippen LogP contribution in [0.25, 0.3) is 43.8 Å². The molecule has 7 aromatic carbocycles. The van der Waals surface area contributed by atoms with E-state index in [1.165, 1.54) is 69.1 Å². The van der Waals surface area contributed by atoms with Crippen molar-refractivity contribution in [2.24, 2.45) is 0 Å². The van der Waals surface area contributed by atoms with Crippen LogP contribution in [-0.2, 0) is 0 Å². The molecule has 7 aromatic rings. The second-order valence-electron chi connectivity index (χ2n) is 10.8. The topological polar surface area (TPSA) is 9.23 Å². The first-order valence-electron chi connectivity index (χ1n) is 14.1. The molecule has 0 atom stereocenters. The van der Waals surface area contributed by atoms with Gasteiger partial charge in [-0.1, -0.05) is 18.2 Å². The van der Waals surface area contributed by atoms with Crippen LogP contribution in [0.15, 0.2) is 140 Å². The van der Waals surface area contributed by atoms with Crippen molar-refractivity contribution in [2.75, 3.05) is 0 Å². The first-order chi connectivity index (χ1) is 20.3. The molecule has 0 unspecified atom stereocenters. The van der Waals surface area contributed by atoms with Gasteiger partial charge >= 0.3 is 228 Å². The first kappa shape index (κ1) is 23.2. The van der Waals surface area contributed by atoms with Crippen molar-refractivity contribution < 1.29 is 4.74 Å². The zero-order valence-electron chi connectivity index (χ0n) is 22.2. The molecule has 2 heterocycles. The molecule has 9 rings (SSSR count). The molecule has 0 radical (unpaired) electrons. The molecule has 190 valence electrons. The molecule has 0 spiro atoms. The number of ether oxygens (including phenoxy) is 1. The number of hydrogen-bond donors (Lipinski definition) is 0. The molecule has 0 aliphatic carbocycles. The van der Waals surface area contributed by atoms with E-state index in [0.29, 0.717) is 0 Å². The Balaban J connectivity index is 1.34. The summed E-state index contributed by atoms with van der Waals surface area (Å²) in [5, 5.41) is 5.10. The molecule has 0 saturated heterocycles. The van der Waals surface area contributed by atoms with Crippen LogP contribution in [0.3, 0.4) is 0 Å². The predicted octanol–water partition coefficient (Wildman–Crippen LogP) is 5.92. The van der Waals surface area contributed by atoms with Gasteiger partial charge in [0.1, 0.15) is 0 Å². The van der Waals surface area contributed by atoms with Crippen molar-refractivity contribution in [3.8, 4) is 33.8 Å². The summed E-state index contributed by atoms with van der Waals surface area (Å²) >= 11 is 0.274. The number of hydrogen-bond acceptors (Lipinski definition) is 1. The van der Waals surface area contributed by atoms with Gasteiger partial charge in [-0.15, -0.1) is 0 Å². The number of fused-ring (bicyclic) bond motifs is 6. The standard InChI is InChI=1S/C38H23BOSe/c1-2-11-24(12-3-1)36-26-13-4-6-15-28(26)37(29-16-7-5-14-27(29)36)25-21-22-32-31(23-25)39-30-17-8-9-19-34(30)41-35-20-10-18-33(40-32)38(35)39/h1-23H. The van der Waals surface area contributed by atoms with Gasteiger partial charge in [-0.2, -0.15) is 0 Å². The summed E-state index contributed by atoms with van der Waals surface area (Å²) < 4.78 is 9.49. The van der Waals surface area contributed by atoms with Crippen molar-refractivity contribution in [3.63, 3.8) is 0 Å². The second-order valence-corrected chi connectivity index (χ2v) is 13.1. The summed E-state index contributed by atoms with van der Waals surface area (Å²) in [6.45, 7) is 0.179. The summed E-state index contributed by atoms with van der Waals surface area (Å²) in [4.78, 5) is 0. The minimum atomic E-state index is 0.179. The summed E-state index contributed by atoms with van der Waals surface area (Å²) in [7, 11) is 0. The van der Waals surface area contributed by atoms with Crippen LogP contribution >= 0.6 is 0 Å². The molecule has 0 saturated carbocycles. The predicted molar refractivity (Wildman–Crippen MR) is 175 cm³/mol. The fourth-order valence-electron chi connectivity index (χ4n) is 6.89. The third-order valence-electron chi connectivity index (χ3n) is 8.59. The maximum absolute atomic E-state index is 6.59. The van der Waals surface area contributed by atoms with Crippen LogP contribution in [0.1, 0.15) is 0 Å². The summed E-state index contributed by atoms with van der Waals surface area (Å²) in [5.74, 6) is 1.97.